The fourth-order valence-electron chi connectivity index (χ4n) is 4.24. The van der Waals surface area contributed by atoms with Gasteiger partial charge in [-0.3, -0.25) is 14.4 Å². The second-order valence-electron chi connectivity index (χ2n) is 9.91. The number of hydrogen-bond acceptors (Lipinski definition) is 10. The summed E-state index contributed by atoms with van der Waals surface area (Å²) in [4.78, 5) is 26.9. The fraction of sp³-hybridized carbons (Fsp3) is 0.156. The number of ether oxygens (including phenoxy) is 2. The van der Waals surface area contributed by atoms with Gasteiger partial charge in [0.25, 0.3) is 10.0 Å². The van der Waals surface area contributed by atoms with E-state index in [9.17, 15) is 13.2 Å². The summed E-state index contributed by atoms with van der Waals surface area (Å²) in [5.74, 6) is 0.773. The van der Waals surface area contributed by atoms with Crippen molar-refractivity contribution < 1.29 is 27.5 Å². The van der Waals surface area contributed by atoms with E-state index in [0.717, 1.165) is 11.1 Å². The second-order valence-corrected chi connectivity index (χ2v) is 11.6. The van der Waals surface area contributed by atoms with Gasteiger partial charge >= 0.3 is 0 Å². The van der Waals surface area contributed by atoms with Crippen LogP contribution in [0.25, 0.3) is 11.0 Å². The van der Waals surface area contributed by atoms with Gasteiger partial charge in [0.05, 0.1) is 36.8 Å². The lowest BCUT2D eigenvalue weighted by Crippen LogP contribution is -2.28. The van der Waals surface area contributed by atoms with Gasteiger partial charge in [0.2, 0.25) is 5.91 Å². The summed E-state index contributed by atoms with van der Waals surface area (Å²) in [6.07, 6.45) is 0. The molecule has 232 valence electrons. The maximum absolute atomic E-state index is 13.6. The van der Waals surface area contributed by atoms with Crippen LogP contribution in [-0.2, 0) is 26.3 Å². The predicted octanol–water partition coefficient (Wildman–Crippen LogP) is 5.16. The third kappa shape index (κ3) is 8.23. The molecule has 0 unspecified atom stereocenters. The Bertz CT molecular complexity index is 1900. The Morgan fingerprint density at radius 1 is 0.778 bits per heavy atom. The van der Waals surface area contributed by atoms with Crippen LogP contribution in [0.4, 0.5) is 23.0 Å². The molecule has 1 aromatic heterocycles. The molecule has 0 radical (unpaired) electrons. The number of sulfonamides is 1. The molecule has 5 aromatic rings. The Kier molecular flexibility index (Phi) is 9.73. The maximum atomic E-state index is 13.6. The molecule has 0 spiro atoms. The van der Waals surface area contributed by atoms with Crippen LogP contribution in [-0.4, -0.2) is 45.1 Å². The molecule has 0 fully saturated rings. The number of methoxy groups -OCH3 is 2. The third-order valence-corrected chi connectivity index (χ3v) is 7.87. The van der Waals surface area contributed by atoms with E-state index in [-0.39, 0.29) is 35.4 Å². The first kappa shape index (κ1) is 31.2. The summed E-state index contributed by atoms with van der Waals surface area (Å²) in [7, 11) is -1.11. The van der Waals surface area contributed by atoms with Gasteiger partial charge in [-0.1, -0.05) is 48.0 Å². The topological polar surface area (TPSA) is 153 Å². The number of benzene rings is 4. The van der Waals surface area contributed by atoms with Crippen LogP contribution in [0.3, 0.4) is 0 Å². The summed E-state index contributed by atoms with van der Waals surface area (Å²) < 4.78 is 40.4. The normalized spacial score (nSPS) is 11.2. The van der Waals surface area contributed by atoms with Gasteiger partial charge in [0.15, 0.2) is 11.6 Å². The minimum absolute atomic E-state index is 0.0279. The van der Waals surface area contributed by atoms with E-state index in [1.165, 1.54) is 32.4 Å². The highest BCUT2D eigenvalue weighted by atomic mass is 32.2. The van der Waals surface area contributed by atoms with Crippen LogP contribution in [0.2, 0.25) is 0 Å². The van der Waals surface area contributed by atoms with E-state index >= 15 is 0 Å². The molecule has 5 rings (SSSR count). The first-order chi connectivity index (χ1) is 21.7. The number of nitrogens with zero attached hydrogens (tertiary/aromatic N) is 2. The largest absolute Gasteiger partial charge is 0.497 e. The van der Waals surface area contributed by atoms with Crippen LogP contribution < -0.4 is 30.3 Å². The smallest absolute Gasteiger partial charge is 0.263 e. The second kappa shape index (κ2) is 14.0. The molecule has 1 amide bonds. The number of carbonyl (C=O) groups is 1. The quantitative estimate of drug-likeness (QED) is 0.102. The zero-order valence-corrected chi connectivity index (χ0v) is 25.6. The van der Waals surface area contributed by atoms with E-state index in [2.05, 4.69) is 30.8 Å². The van der Waals surface area contributed by atoms with Gasteiger partial charge in [-0.15, -0.1) is 0 Å². The van der Waals surface area contributed by atoms with E-state index in [1.807, 2.05) is 37.3 Å². The summed E-state index contributed by atoms with van der Waals surface area (Å²) >= 11 is 0. The van der Waals surface area contributed by atoms with Crippen LogP contribution >= 0.6 is 0 Å². The van der Waals surface area contributed by atoms with Crippen molar-refractivity contribution in [3.63, 3.8) is 0 Å². The molecule has 45 heavy (non-hydrogen) atoms. The van der Waals surface area contributed by atoms with Crippen LogP contribution in [0.15, 0.2) is 95.9 Å². The van der Waals surface area contributed by atoms with Crippen LogP contribution in [0.5, 0.6) is 11.5 Å². The lowest BCUT2D eigenvalue weighted by atomic mass is 10.2. The summed E-state index contributed by atoms with van der Waals surface area (Å²) in [6, 6.07) is 25.9. The minimum atomic E-state index is -4.17. The molecule has 4 N–H and O–H groups in total. The van der Waals surface area contributed by atoms with Gasteiger partial charge in [0, 0.05) is 29.6 Å². The highest BCUT2D eigenvalue weighted by Gasteiger charge is 2.20. The SMILES string of the molecule is COc1cc(Nc2nc3ccccc3nc2NS(=O)(=O)c2cccc(NC(=O)CNOCc3ccc(C)cc3)c2)cc(OC)c1. The van der Waals surface area contributed by atoms with Crippen molar-refractivity contribution >= 4 is 50.0 Å². The van der Waals surface area contributed by atoms with E-state index in [1.54, 1.807) is 42.5 Å². The number of nitrogens with one attached hydrogen (secondary N) is 4. The molecule has 1 heterocycles. The first-order valence-electron chi connectivity index (χ1n) is 13.8. The zero-order valence-electron chi connectivity index (χ0n) is 24.8. The molecule has 0 aliphatic carbocycles. The van der Waals surface area contributed by atoms with Crippen molar-refractivity contribution in [1.82, 2.24) is 15.4 Å². The van der Waals surface area contributed by atoms with Crippen molar-refractivity contribution in [3.8, 4) is 11.5 Å². The third-order valence-electron chi connectivity index (χ3n) is 6.54. The van der Waals surface area contributed by atoms with E-state index < -0.39 is 15.9 Å². The van der Waals surface area contributed by atoms with Crippen LogP contribution in [0, 0.1) is 6.92 Å². The molecule has 0 aliphatic heterocycles. The molecule has 13 heteroatoms. The number of para-hydroxylation sites is 2. The molecule has 4 aromatic carbocycles. The van der Waals surface area contributed by atoms with Gasteiger partial charge in [0.1, 0.15) is 18.0 Å². The number of fused-ring (bicyclic) bond motifs is 1. The Hall–Kier alpha value is -5.24. The predicted molar refractivity (Wildman–Crippen MR) is 172 cm³/mol. The maximum Gasteiger partial charge on any atom is 0.263 e. The summed E-state index contributed by atoms with van der Waals surface area (Å²) in [5, 5.41) is 5.80. The molecular formula is C32H32N6O6S. The zero-order chi connectivity index (χ0) is 31.8. The molecular weight excluding hydrogens is 596 g/mol. The van der Waals surface area contributed by atoms with Gasteiger partial charge in [-0.05, 0) is 42.8 Å². The minimum Gasteiger partial charge on any atom is -0.497 e. The molecule has 0 atom stereocenters. The van der Waals surface area contributed by atoms with Crippen molar-refractivity contribution in [2.24, 2.45) is 0 Å². The molecule has 12 nitrogen and oxygen atoms in total. The number of carbonyl (C=O) groups excluding carboxylic acids is 1. The van der Waals surface area contributed by atoms with Crippen molar-refractivity contribution in [2.45, 2.75) is 18.4 Å². The van der Waals surface area contributed by atoms with Crippen molar-refractivity contribution in [2.75, 3.05) is 36.1 Å². The number of aryl methyl sites for hydroxylation is 1. The number of hydroxylamine groups is 1. The average molecular weight is 629 g/mol. The first-order valence-corrected chi connectivity index (χ1v) is 15.3. The highest BCUT2D eigenvalue weighted by molar-refractivity contribution is 7.92. The van der Waals surface area contributed by atoms with Crippen molar-refractivity contribution in [3.05, 3.63) is 102 Å². The monoisotopic (exact) mass is 628 g/mol. The van der Waals surface area contributed by atoms with E-state index in [4.69, 9.17) is 14.3 Å². The highest BCUT2D eigenvalue weighted by Crippen LogP contribution is 2.31. The molecule has 0 bridgehead atoms. The lowest BCUT2D eigenvalue weighted by molar-refractivity contribution is -0.118. The van der Waals surface area contributed by atoms with Gasteiger partial charge < -0.3 is 20.1 Å². The molecule has 0 saturated carbocycles. The Morgan fingerprint density at radius 3 is 2.11 bits per heavy atom. The Labute approximate surface area is 260 Å². The Morgan fingerprint density at radius 2 is 1.44 bits per heavy atom. The molecule has 0 saturated heterocycles. The number of amides is 1. The lowest BCUT2D eigenvalue weighted by Gasteiger charge is -2.15. The van der Waals surface area contributed by atoms with Crippen molar-refractivity contribution in [1.29, 1.82) is 0 Å². The Balaban J connectivity index is 1.31. The standard InChI is InChI=1S/C32H32N6O6S/c1-21-11-13-22(14-12-21)20-44-33-19-30(39)34-23-7-6-8-27(17-23)45(40,41)38-32-31(36-28-9-4-5-10-29(28)37-32)35-24-15-25(42-2)18-26(16-24)43-3/h4-18,33H,19-20H2,1-3H3,(H,34,39)(H,35,36)(H,37,38). The van der Waals surface area contributed by atoms with Gasteiger partial charge in [-0.2, -0.15) is 5.48 Å². The number of hydrogen-bond donors (Lipinski definition) is 4. The number of aromatic nitrogens is 2. The number of anilines is 4. The molecule has 0 aliphatic rings. The van der Waals surface area contributed by atoms with Crippen LogP contribution in [0.1, 0.15) is 11.1 Å². The average Bonchev–Trinajstić information content (AvgIpc) is 3.04. The fourth-order valence-corrected chi connectivity index (χ4v) is 5.30. The summed E-state index contributed by atoms with van der Waals surface area (Å²) in [5.41, 5.74) is 6.59. The summed E-state index contributed by atoms with van der Waals surface area (Å²) in [6.45, 7) is 2.14. The number of rotatable bonds is 13. The van der Waals surface area contributed by atoms with Gasteiger partial charge in [-0.25, -0.2) is 18.4 Å². The van der Waals surface area contributed by atoms with E-state index in [0.29, 0.717) is 28.2 Å².